The summed E-state index contributed by atoms with van der Waals surface area (Å²) in [5.41, 5.74) is 2.17. The maximum atomic E-state index is 12.5. The molecule has 0 aliphatic carbocycles. The Labute approximate surface area is 161 Å². The third-order valence-electron chi connectivity index (χ3n) is 4.66. The van der Waals surface area contributed by atoms with E-state index in [1.165, 1.54) is 5.69 Å². The first kappa shape index (κ1) is 19.1. The molecule has 1 amide bonds. The van der Waals surface area contributed by atoms with Crippen LogP contribution in [-0.4, -0.2) is 49.6 Å². The van der Waals surface area contributed by atoms with Crippen molar-refractivity contribution in [2.75, 3.05) is 42.9 Å². The smallest absolute Gasteiger partial charge is 0.224 e. The highest BCUT2D eigenvalue weighted by Crippen LogP contribution is 2.24. The van der Waals surface area contributed by atoms with Crippen molar-refractivity contribution < 1.29 is 9.53 Å². The van der Waals surface area contributed by atoms with Gasteiger partial charge in [0, 0.05) is 44.8 Å². The zero-order valence-electron chi connectivity index (χ0n) is 16.2. The van der Waals surface area contributed by atoms with Crippen molar-refractivity contribution in [3.63, 3.8) is 0 Å². The predicted octanol–water partition coefficient (Wildman–Crippen LogP) is 3.62. The lowest BCUT2D eigenvalue weighted by Crippen LogP contribution is -2.49. The van der Waals surface area contributed by atoms with Gasteiger partial charge in [0.05, 0.1) is 11.8 Å². The lowest BCUT2D eigenvalue weighted by Gasteiger charge is -2.36. The standard InChI is InChI=1S/C22H29N3O2/c1-18(2)27-21-11-7-6-10-20(21)23-13-12-22(26)25-16-14-24(15-17-25)19-8-4-3-5-9-19/h3-11,18,23H,12-17H2,1-2H3. The van der Waals surface area contributed by atoms with Crippen molar-refractivity contribution in [2.24, 2.45) is 0 Å². The number of ether oxygens (including phenoxy) is 1. The van der Waals surface area contributed by atoms with E-state index in [9.17, 15) is 4.79 Å². The normalized spacial score (nSPS) is 14.3. The van der Waals surface area contributed by atoms with Crippen molar-refractivity contribution in [2.45, 2.75) is 26.4 Å². The van der Waals surface area contributed by atoms with E-state index in [1.807, 2.05) is 49.1 Å². The second kappa shape index (κ2) is 9.31. The Bertz CT molecular complexity index is 725. The Morgan fingerprint density at radius 2 is 1.67 bits per heavy atom. The summed E-state index contributed by atoms with van der Waals surface area (Å²) in [7, 11) is 0. The van der Waals surface area contributed by atoms with Crippen LogP contribution in [0.15, 0.2) is 54.6 Å². The maximum Gasteiger partial charge on any atom is 0.224 e. The van der Waals surface area contributed by atoms with Crippen molar-refractivity contribution >= 4 is 17.3 Å². The van der Waals surface area contributed by atoms with E-state index in [0.717, 1.165) is 37.6 Å². The first-order valence-electron chi connectivity index (χ1n) is 9.71. The predicted molar refractivity (Wildman–Crippen MR) is 111 cm³/mol. The first-order valence-corrected chi connectivity index (χ1v) is 9.71. The molecule has 3 rings (SSSR count). The number of carbonyl (C=O) groups is 1. The molecule has 2 aromatic carbocycles. The number of piperazine rings is 1. The topological polar surface area (TPSA) is 44.8 Å². The van der Waals surface area contributed by atoms with Crippen LogP contribution < -0.4 is 15.0 Å². The molecule has 0 spiro atoms. The van der Waals surface area contributed by atoms with E-state index in [1.54, 1.807) is 0 Å². The molecule has 1 fully saturated rings. The minimum absolute atomic E-state index is 0.121. The molecule has 1 aliphatic rings. The van der Waals surface area contributed by atoms with Crippen LogP contribution in [0, 0.1) is 0 Å². The highest BCUT2D eigenvalue weighted by Gasteiger charge is 2.20. The number of para-hydroxylation sites is 3. The molecule has 2 aromatic rings. The Hall–Kier alpha value is -2.69. The number of hydrogen-bond donors (Lipinski definition) is 1. The molecular weight excluding hydrogens is 338 g/mol. The van der Waals surface area contributed by atoms with Gasteiger partial charge in [0.25, 0.3) is 0 Å². The Kier molecular flexibility index (Phi) is 6.58. The molecule has 1 aliphatic heterocycles. The Balaban J connectivity index is 1.44. The summed E-state index contributed by atoms with van der Waals surface area (Å²) >= 11 is 0. The average molecular weight is 367 g/mol. The fourth-order valence-electron chi connectivity index (χ4n) is 3.28. The van der Waals surface area contributed by atoms with E-state index in [0.29, 0.717) is 13.0 Å². The van der Waals surface area contributed by atoms with E-state index < -0.39 is 0 Å². The van der Waals surface area contributed by atoms with Crippen LogP contribution in [0.25, 0.3) is 0 Å². The van der Waals surface area contributed by atoms with Crippen molar-refractivity contribution in [3.05, 3.63) is 54.6 Å². The van der Waals surface area contributed by atoms with Gasteiger partial charge in [-0.1, -0.05) is 30.3 Å². The number of nitrogens with zero attached hydrogens (tertiary/aromatic N) is 2. The number of hydrogen-bond acceptors (Lipinski definition) is 4. The number of anilines is 2. The number of amides is 1. The molecule has 0 saturated carbocycles. The summed E-state index contributed by atoms with van der Waals surface area (Å²) in [6, 6.07) is 18.3. The number of carbonyl (C=O) groups excluding carboxylic acids is 1. The lowest BCUT2D eigenvalue weighted by molar-refractivity contribution is -0.131. The summed E-state index contributed by atoms with van der Waals surface area (Å²) in [6.45, 7) is 7.95. The van der Waals surface area contributed by atoms with E-state index in [4.69, 9.17) is 4.74 Å². The molecule has 1 N–H and O–H groups in total. The number of rotatable bonds is 7. The molecular formula is C22H29N3O2. The largest absolute Gasteiger partial charge is 0.489 e. The van der Waals surface area contributed by atoms with Crippen LogP contribution in [0.4, 0.5) is 11.4 Å². The van der Waals surface area contributed by atoms with E-state index in [-0.39, 0.29) is 12.0 Å². The van der Waals surface area contributed by atoms with Crippen LogP contribution in [0.5, 0.6) is 5.75 Å². The van der Waals surface area contributed by atoms with Gasteiger partial charge in [-0.25, -0.2) is 0 Å². The fourth-order valence-corrected chi connectivity index (χ4v) is 3.28. The van der Waals surface area contributed by atoms with Gasteiger partial charge in [-0.3, -0.25) is 4.79 Å². The Morgan fingerprint density at radius 3 is 2.37 bits per heavy atom. The average Bonchev–Trinajstić information content (AvgIpc) is 2.69. The molecule has 0 unspecified atom stereocenters. The third kappa shape index (κ3) is 5.39. The summed E-state index contributed by atoms with van der Waals surface area (Å²) < 4.78 is 5.81. The van der Waals surface area contributed by atoms with E-state index in [2.05, 4.69) is 34.5 Å². The zero-order chi connectivity index (χ0) is 19.1. The molecule has 0 radical (unpaired) electrons. The quantitative estimate of drug-likeness (QED) is 0.812. The highest BCUT2D eigenvalue weighted by molar-refractivity contribution is 5.77. The number of nitrogens with one attached hydrogen (secondary N) is 1. The molecule has 1 heterocycles. The van der Waals surface area contributed by atoms with Crippen LogP contribution in [0.2, 0.25) is 0 Å². The minimum atomic E-state index is 0.121. The summed E-state index contributed by atoms with van der Waals surface area (Å²) in [5.74, 6) is 1.04. The molecule has 0 aromatic heterocycles. The molecule has 0 atom stereocenters. The minimum Gasteiger partial charge on any atom is -0.489 e. The Morgan fingerprint density at radius 1 is 1.00 bits per heavy atom. The van der Waals surface area contributed by atoms with Crippen LogP contribution >= 0.6 is 0 Å². The van der Waals surface area contributed by atoms with Crippen molar-refractivity contribution in [1.29, 1.82) is 0 Å². The molecule has 5 heteroatoms. The van der Waals surface area contributed by atoms with Crippen LogP contribution in [0.1, 0.15) is 20.3 Å². The number of benzene rings is 2. The molecule has 27 heavy (non-hydrogen) atoms. The summed E-state index contributed by atoms with van der Waals surface area (Å²) in [4.78, 5) is 16.8. The summed E-state index contributed by atoms with van der Waals surface area (Å²) in [6.07, 6.45) is 0.608. The maximum absolute atomic E-state index is 12.5. The molecule has 5 nitrogen and oxygen atoms in total. The van der Waals surface area contributed by atoms with Gasteiger partial charge in [-0.05, 0) is 38.1 Å². The first-order chi connectivity index (χ1) is 13.1. The van der Waals surface area contributed by atoms with Crippen molar-refractivity contribution in [3.8, 4) is 5.75 Å². The monoisotopic (exact) mass is 367 g/mol. The SMILES string of the molecule is CC(C)Oc1ccccc1NCCC(=O)N1CCN(c2ccccc2)CC1. The van der Waals surface area contributed by atoms with Gasteiger partial charge in [-0.2, -0.15) is 0 Å². The van der Waals surface area contributed by atoms with E-state index >= 15 is 0 Å². The molecule has 144 valence electrons. The lowest BCUT2D eigenvalue weighted by atomic mass is 10.2. The van der Waals surface area contributed by atoms with Crippen LogP contribution in [0.3, 0.4) is 0 Å². The van der Waals surface area contributed by atoms with Crippen molar-refractivity contribution in [1.82, 2.24) is 4.90 Å². The third-order valence-corrected chi connectivity index (χ3v) is 4.66. The highest BCUT2D eigenvalue weighted by atomic mass is 16.5. The molecule has 0 bridgehead atoms. The van der Waals surface area contributed by atoms with Gasteiger partial charge >= 0.3 is 0 Å². The van der Waals surface area contributed by atoms with Crippen LogP contribution in [-0.2, 0) is 4.79 Å². The van der Waals surface area contributed by atoms with Gasteiger partial charge in [0.1, 0.15) is 5.75 Å². The zero-order valence-corrected chi connectivity index (χ0v) is 16.2. The second-order valence-corrected chi connectivity index (χ2v) is 7.04. The van der Waals surface area contributed by atoms with Gasteiger partial charge in [0.2, 0.25) is 5.91 Å². The van der Waals surface area contributed by atoms with Gasteiger partial charge < -0.3 is 19.9 Å². The second-order valence-electron chi connectivity index (χ2n) is 7.04. The van der Waals surface area contributed by atoms with Gasteiger partial charge in [-0.15, -0.1) is 0 Å². The molecule has 1 saturated heterocycles. The fraction of sp³-hybridized carbons (Fsp3) is 0.409. The summed E-state index contributed by atoms with van der Waals surface area (Å²) in [5, 5.41) is 3.34. The van der Waals surface area contributed by atoms with Gasteiger partial charge in [0.15, 0.2) is 0 Å².